The highest BCUT2D eigenvalue weighted by Crippen LogP contribution is 2.20. The number of benzene rings is 2. The summed E-state index contributed by atoms with van der Waals surface area (Å²) in [6, 6.07) is 12.9. The summed E-state index contributed by atoms with van der Waals surface area (Å²) in [5.74, 6) is -1.42. The van der Waals surface area contributed by atoms with Gasteiger partial charge in [0.05, 0.1) is 16.2 Å². The number of carboxylic acids is 1. The van der Waals surface area contributed by atoms with Gasteiger partial charge >= 0.3 is 5.97 Å². The van der Waals surface area contributed by atoms with Crippen molar-refractivity contribution in [1.29, 1.82) is 0 Å². The topological polar surface area (TPSA) is 71.4 Å². The Kier molecular flexibility index (Phi) is 4.43. The number of aryl methyl sites for hydroxylation is 1. The van der Waals surface area contributed by atoms with Crippen LogP contribution in [0.15, 0.2) is 53.4 Å². The first kappa shape index (κ1) is 15.3. The van der Waals surface area contributed by atoms with E-state index in [-0.39, 0.29) is 16.2 Å². The van der Waals surface area contributed by atoms with Crippen LogP contribution in [-0.2, 0) is 22.0 Å². The van der Waals surface area contributed by atoms with E-state index in [1.807, 2.05) is 6.92 Å². The predicted octanol–water partition coefficient (Wildman–Crippen LogP) is 2.92. The molecule has 0 fully saturated rings. The van der Waals surface area contributed by atoms with Gasteiger partial charge in [-0.2, -0.15) is 0 Å². The lowest BCUT2D eigenvalue weighted by Gasteiger charge is -2.09. The molecule has 0 atom stereocenters. The fraction of sp³-hybridized carbons (Fsp3) is 0.188. The molecular weight excluding hydrogens is 288 g/mol. The largest absolute Gasteiger partial charge is 0.478 e. The van der Waals surface area contributed by atoms with Crippen LogP contribution >= 0.6 is 0 Å². The lowest BCUT2D eigenvalue weighted by molar-refractivity contribution is 0.0696. The van der Waals surface area contributed by atoms with Crippen molar-refractivity contribution in [3.63, 3.8) is 0 Å². The fourth-order valence-electron chi connectivity index (χ4n) is 2.08. The average molecular weight is 304 g/mol. The Bertz CT molecular complexity index is 749. The fourth-order valence-corrected chi connectivity index (χ4v) is 3.48. The van der Waals surface area contributed by atoms with Gasteiger partial charge in [0, 0.05) is 0 Å². The van der Waals surface area contributed by atoms with Gasteiger partial charge in [0.1, 0.15) is 0 Å². The summed E-state index contributed by atoms with van der Waals surface area (Å²) >= 11 is 0. The molecule has 0 saturated carbocycles. The first-order valence-corrected chi connectivity index (χ1v) is 8.22. The summed E-state index contributed by atoms with van der Waals surface area (Å²) in [5.41, 5.74) is 1.23. The van der Waals surface area contributed by atoms with Crippen LogP contribution in [0.3, 0.4) is 0 Å². The van der Waals surface area contributed by atoms with Gasteiger partial charge in [-0.3, -0.25) is 0 Å². The number of aromatic carboxylic acids is 1. The monoisotopic (exact) mass is 304 g/mol. The van der Waals surface area contributed by atoms with Crippen molar-refractivity contribution in [2.75, 3.05) is 0 Å². The van der Waals surface area contributed by atoms with Gasteiger partial charge in [0.25, 0.3) is 0 Å². The normalized spacial score (nSPS) is 11.3. The molecule has 2 aromatic rings. The Hall–Kier alpha value is -2.14. The number of sulfone groups is 1. The molecule has 0 spiro atoms. The third-order valence-corrected chi connectivity index (χ3v) is 4.94. The third-order valence-electron chi connectivity index (χ3n) is 3.26. The van der Waals surface area contributed by atoms with Crippen LogP contribution in [0, 0.1) is 0 Å². The van der Waals surface area contributed by atoms with Crippen LogP contribution in [-0.4, -0.2) is 19.5 Å². The lowest BCUT2D eigenvalue weighted by Crippen LogP contribution is -2.10. The molecule has 0 heterocycles. The van der Waals surface area contributed by atoms with E-state index in [9.17, 15) is 18.3 Å². The Balaban J connectivity index is 2.42. The van der Waals surface area contributed by atoms with Crippen LogP contribution in [0.5, 0.6) is 0 Å². The molecule has 2 rings (SSSR count). The molecule has 0 aliphatic rings. The maximum absolute atomic E-state index is 12.3. The number of carbonyl (C=O) groups is 1. The van der Waals surface area contributed by atoms with Gasteiger partial charge in [0.15, 0.2) is 9.84 Å². The van der Waals surface area contributed by atoms with Gasteiger partial charge in [0.2, 0.25) is 0 Å². The van der Waals surface area contributed by atoms with Gasteiger partial charge < -0.3 is 5.11 Å². The molecule has 0 amide bonds. The molecule has 1 N–H and O–H groups in total. The molecule has 21 heavy (non-hydrogen) atoms. The quantitative estimate of drug-likeness (QED) is 0.922. The molecule has 5 heteroatoms. The van der Waals surface area contributed by atoms with E-state index >= 15 is 0 Å². The SMILES string of the molecule is CCc1ccc(CS(=O)(=O)c2ccccc2)c(C(=O)O)c1. The van der Waals surface area contributed by atoms with Gasteiger partial charge in [-0.25, -0.2) is 13.2 Å². The molecule has 2 aromatic carbocycles. The summed E-state index contributed by atoms with van der Waals surface area (Å²) in [6.45, 7) is 1.92. The minimum Gasteiger partial charge on any atom is -0.478 e. The highest BCUT2D eigenvalue weighted by molar-refractivity contribution is 7.90. The highest BCUT2D eigenvalue weighted by Gasteiger charge is 2.19. The smallest absolute Gasteiger partial charge is 0.336 e. The lowest BCUT2D eigenvalue weighted by atomic mass is 10.0. The van der Waals surface area contributed by atoms with Crippen molar-refractivity contribution >= 4 is 15.8 Å². The zero-order valence-corrected chi connectivity index (χ0v) is 12.4. The summed E-state index contributed by atoms with van der Waals surface area (Å²) < 4.78 is 24.7. The van der Waals surface area contributed by atoms with Crippen molar-refractivity contribution < 1.29 is 18.3 Å². The Morgan fingerprint density at radius 2 is 1.76 bits per heavy atom. The number of rotatable bonds is 5. The Labute approximate surface area is 124 Å². The molecule has 0 unspecified atom stereocenters. The second-order valence-electron chi connectivity index (χ2n) is 4.72. The van der Waals surface area contributed by atoms with Crippen LogP contribution in [0.25, 0.3) is 0 Å². The summed E-state index contributed by atoms with van der Waals surface area (Å²) in [5, 5.41) is 9.26. The van der Waals surface area contributed by atoms with E-state index in [1.165, 1.54) is 18.2 Å². The van der Waals surface area contributed by atoms with E-state index in [0.29, 0.717) is 12.0 Å². The summed E-state index contributed by atoms with van der Waals surface area (Å²) in [4.78, 5) is 11.5. The standard InChI is InChI=1S/C16H16O4S/c1-2-12-8-9-13(15(10-12)16(17)18)11-21(19,20)14-6-4-3-5-7-14/h3-10H,2,11H2,1H3,(H,17,18). The molecule has 0 aliphatic carbocycles. The van der Waals surface area contributed by atoms with E-state index in [2.05, 4.69) is 0 Å². The van der Waals surface area contributed by atoms with Crippen LogP contribution < -0.4 is 0 Å². The maximum Gasteiger partial charge on any atom is 0.336 e. The molecule has 0 aromatic heterocycles. The summed E-state index contributed by atoms with van der Waals surface area (Å²) in [6.07, 6.45) is 0.700. The van der Waals surface area contributed by atoms with E-state index in [1.54, 1.807) is 30.3 Å². The van der Waals surface area contributed by atoms with Crippen molar-refractivity contribution in [2.45, 2.75) is 24.0 Å². The number of hydrogen-bond donors (Lipinski definition) is 1. The Morgan fingerprint density at radius 1 is 1.10 bits per heavy atom. The molecule has 110 valence electrons. The second kappa shape index (κ2) is 6.10. The highest BCUT2D eigenvalue weighted by atomic mass is 32.2. The zero-order chi connectivity index (χ0) is 15.5. The van der Waals surface area contributed by atoms with Gasteiger partial charge in [-0.05, 0) is 35.7 Å². The summed E-state index contributed by atoms with van der Waals surface area (Å²) in [7, 11) is -3.55. The molecular formula is C16H16O4S. The number of hydrogen-bond acceptors (Lipinski definition) is 3. The molecule has 0 bridgehead atoms. The minimum absolute atomic E-state index is 0.0499. The average Bonchev–Trinajstić information content (AvgIpc) is 2.48. The van der Waals surface area contributed by atoms with Crippen molar-refractivity contribution in [1.82, 2.24) is 0 Å². The van der Waals surface area contributed by atoms with Gasteiger partial charge in [-0.15, -0.1) is 0 Å². The molecule has 0 aliphatic heterocycles. The van der Waals surface area contributed by atoms with E-state index in [0.717, 1.165) is 5.56 Å². The van der Waals surface area contributed by atoms with Crippen LogP contribution in [0.1, 0.15) is 28.4 Å². The van der Waals surface area contributed by atoms with Crippen molar-refractivity contribution in [3.8, 4) is 0 Å². The molecule has 4 nitrogen and oxygen atoms in total. The maximum atomic E-state index is 12.3. The van der Waals surface area contributed by atoms with Crippen molar-refractivity contribution in [2.24, 2.45) is 0 Å². The van der Waals surface area contributed by atoms with Crippen LogP contribution in [0.4, 0.5) is 0 Å². The van der Waals surface area contributed by atoms with Crippen LogP contribution in [0.2, 0.25) is 0 Å². The first-order valence-electron chi connectivity index (χ1n) is 6.57. The second-order valence-corrected chi connectivity index (χ2v) is 6.71. The van der Waals surface area contributed by atoms with Gasteiger partial charge in [-0.1, -0.05) is 37.3 Å². The Morgan fingerprint density at radius 3 is 2.33 bits per heavy atom. The molecule has 0 saturated heterocycles. The van der Waals surface area contributed by atoms with Crippen molar-refractivity contribution in [3.05, 3.63) is 65.2 Å². The first-order chi connectivity index (χ1) is 9.94. The minimum atomic E-state index is -3.55. The molecule has 0 radical (unpaired) electrons. The predicted molar refractivity (Wildman–Crippen MR) is 80.1 cm³/mol. The third kappa shape index (κ3) is 3.49. The van der Waals surface area contributed by atoms with E-state index in [4.69, 9.17) is 0 Å². The number of carboxylic acid groups (broad SMARTS) is 1. The zero-order valence-electron chi connectivity index (χ0n) is 11.6. The van der Waals surface area contributed by atoms with E-state index < -0.39 is 15.8 Å².